The Morgan fingerprint density at radius 3 is 2.35 bits per heavy atom. The monoisotopic (exact) mass is 377 g/mol. The lowest BCUT2D eigenvalue weighted by Gasteiger charge is -2.10. The van der Waals surface area contributed by atoms with Crippen LogP contribution in [0.1, 0.15) is 15.9 Å². The van der Waals surface area contributed by atoms with E-state index >= 15 is 0 Å². The van der Waals surface area contributed by atoms with Gasteiger partial charge in [0.1, 0.15) is 5.82 Å². The molecule has 0 aliphatic heterocycles. The second kappa shape index (κ2) is 7.13. The third-order valence-electron chi connectivity index (χ3n) is 3.50. The molecule has 0 saturated carbocycles. The number of alkyl halides is 3. The average Bonchev–Trinajstić information content (AvgIpc) is 2.62. The summed E-state index contributed by atoms with van der Waals surface area (Å²) in [5, 5.41) is 2.52. The lowest BCUT2D eigenvalue weighted by atomic mass is 10.1. The van der Waals surface area contributed by atoms with E-state index in [4.69, 9.17) is 11.6 Å². The van der Waals surface area contributed by atoms with Gasteiger partial charge in [-0.3, -0.25) is 9.78 Å². The molecule has 0 atom stereocenters. The standard InChI is InChI=1S/C18H11ClF3N3O/c19-14-9-13(18(20,21)22)10-24-16(14)11-4-6-12(7-5-11)17(26)25-15-3-1-2-8-23-15/h1-10H,(H,23,25,26). The fraction of sp³-hybridized carbons (Fsp3) is 0.0556. The van der Waals surface area contributed by atoms with Crippen LogP contribution in [-0.4, -0.2) is 15.9 Å². The van der Waals surface area contributed by atoms with Crippen molar-refractivity contribution in [3.63, 3.8) is 0 Å². The summed E-state index contributed by atoms with van der Waals surface area (Å²) in [7, 11) is 0. The number of anilines is 1. The van der Waals surface area contributed by atoms with Gasteiger partial charge in [-0.2, -0.15) is 13.2 Å². The molecule has 132 valence electrons. The number of halogens is 4. The van der Waals surface area contributed by atoms with E-state index in [1.165, 1.54) is 12.1 Å². The summed E-state index contributed by atoms with van der Waals surface area (Å²) in [6.45, 7) is 0. The van der Waals surface area contributed by atoms with Crippen LogP contribution in [0.3, 0.4) is 0 Å². The first-order chi connectivity index (χ1) is 12.3. The van der Waals surface area contributed by atoms with E-state index in [-0.39, 0.29) is 16.6 Å². The third kappa shape index (κ3) is 4.00. The van der Waals surface area contributed by atoms with Crippen molar-refractivity contribution in [2.75, 3.05) is 5.32 Å². The van der Waals surface area contributed by atoms with E-state index in [0.717, 1.165) is 12.3 Å². The van der Waals surface area contributed by atoms with Crippen molar-refractivity contribution >= 4 is 23.3 Å². The largest absolute Gasteiger partial charge is 0.417 e. The minimum absolute atomic E-state index is 0.120. The molecule has 1 amide bonds. The quantitative estimate of drug-likeness (QED) is 0.693. The Bertz CT molecular complexity index is 929. The van der Waals surface area contributed by atoms with E-state index in [2.05, 4.69) is 15.3 Å². The highest BCUT2D eigenvalue weighted by molar-refractivity contribution is 6.33. The molecule has 0 saturated heterocycles. The van der Waals surface area contributed by atoms with Gasteiger partial charge in [0.15, 0.2) is 0 Å². The Balaban J connectivity index is 1.80. The molecule has 1 aromatic carbocycles. The molecule has 8 heteroatoms. The third-order valence-corrected chi connectivity index (χ3v) is 3.78. The van der Waals surface area contributed by atoms with Gasteiger partial charge < -0.3 is 5.32 Å². The molecule has 3 aromatic rings. The van der Waals surface area contributed by atoms with Crippen LogP contribution in [0.4, 0.5) is 19.0 Å². The van der Waals surface area contributed by atoms with Crippen molar-refractivity contribution < 1.29 is 18.0 Å². The van der Waals surface area contributed by atoms with Crippen molar-refractivity contribution in [2.24, 2.45) is 0 Å². The van der Waals surface area contributed by atoms with Gasteiger partial charge in [0.25, 0.3) is 5.91 Å². The first-order valence-electron chi connectivity index (χ1n) is 7.40. The first-order valence-corrected chi connectivity index (χ1v) is 7.78. The molecule has 0 aliphatic rings. The number of benzene rings is 1. The molecule has 0 spiro atoms. The van der Waals surface area contributed by atoms with Crippen LogP contribution in [0.25, 0.3) is 11.3 Å². The van der Waals surface area contributed by atoms with Crippen LogP contribution in [0, 0.1) is 0 Å². The predicted molar refractivity (Wildman–Crippen MR) is 91.9 cm³/mol. The zero-order valence-electron chi connectivity index (χ0n) is 13.1. The Hall–Kier alpha value is -2.93. The number of aromatic nitrogens is 2. The van der Waals surface area contributed by atoms with E-state index in [1.54, 1.807) is 36.5 Å². The highest BCUT2D eigenvalue weighted by Crippen LogP contribution is 2.34. The molecule has 0 unspecified atom stereocenters. The Labute approximate surface area is 151 Å². The fourth-order valence-electron chi connectivity index (χ4n) is 2.21. The second-order valence-electron chi connectivity index (χ2n) is 5.30. The van der Waals surface area contributed by atoms with Crippen molar-refractivity contribution in [2.45, 2.75) is 6.18 Å². The van der Waals surface area contributed by atoms with Crippen LogP contribution in [0.15, 0.2) is 60.9 Å². The molecule has 0 bridgehead atoms. The first kappa shape index (κ1) is 17.9. The topological polar surface area (TPSA) is 54.9 Å². The number of pyridine rings is 2. The van der Waals surface area contributed by atoms with Crippen molar-refractivity contribution in [3.8, 4) is 11.3 Å². The SMILES string of the molecule is O=C(Nc1ccccn1)c1ccc(-c2ncc(C(F)(F)F)cc2Cl)cc1. The van der Waals surface area contributed by atoms with E-state index in [9.17, 15) is 18.0 Å². The molecule has 0 fully saturated rings. The molecule has 4 nitrogen and oxygen atoms in total. The summed E-state index contributed by atoms with van der Waals surface area (Å²) >= 11 is 5.93. The molecule has 1 N–H and O–H groups in total. The lowest BCUT2D eigenvalue weighted by molar-refractivity contribution is -0.137. The van der Waals surface area contributed by atoms with E-state index in [0.29, 0.717) is 16.9 Å². The maximum atomic E-state index is 12.7. The van der Waals surface area contributed by atoms with Gasteiger partial charge in [-0.25, -0.2) is 4.98 Å². The van der Waals surface area contributed by atoms with Crippen LogP contribution < -0.4 is 5.32 Å². The number of nitrogens with zero attached hydrogens (tertiary/aromatic N) is 2. The second-order valence-corrected chi connectivity index (χ2v) is 5.71. The molecular formula is C18H11ClF3N3O. The summed E-state index contributed by atoms with van der Waals surface area (Å²) in [6, 6.07) is 12.1. The molecule has 2 heterocycles. The number of hydrogen-bond acceptors (Lipinski definition) is 3. The molecule has 2 aromatic heterocycles. The zero-order valence-corrected chi connectivity index (χ0v) is 13.8. The van der Waals surface area contributed by atoms with Crippen LogP contribution in [0.5, 0.6) is 0 Å². The van der Waals surface area contributed by atoms with Gasteiger partial charge in [-0.15, -0.1) is 0 Å². The Morgan fingerprint density at radius 1 is 1.04 bits per heavy atom. The number of carbonyl (C=O) groups is 1. The summed E-state index contributed by atoms with van der Waals surface area (Å²) < 4.78 is 38.0. The zero-order chi connectivity index (χ0) is 18.7. The highest BCUT2D eigenvalue weighted by atomic mass is 35.5. The van der Waals surface area contributed by atoms with Gasteiger partial charge in [0, 0.05) is 23.5 Å². The molecule has 3 rings (SSSR count). The minimum atomic E-state index is -4.51. The molecule has 0 radical (unpaired) electrons. The summed E-state index contributed by atoms with van der Waals surface area (Å²) in [5.74, 6) is 0.0516. The Morgan fingerprint density at radius 2 is 1.77 bits per heavy atom. The number of carbonyl (C=O) groups excluding carboxylic acids is 1. The predicted octanol–water partition coefficient (Wildman–Crippen LogP) is 5.07. The van der Waals surface area contributed by atoms with Gasteiger partial charge in [0.05, 0.1) is 16.3 Å². The number of rotatable bonds is 3. The van der Waals surface area contributed by atoms with Crippen LogP contribution in [-0.2, 0) is 6.18 Å². The highest BCUT2D eigenvalue weighted by Gasteiger charge is 2.31. The normalized spacial score (nSPS) is 11.2. The van der Waals surface area contributed by atoms with Crippen LogP contribution in [0.2, 0.25) is 5.02 Å². The van der Waals surface area contributed by atoms with Gasteiger partial charge in [-0.1, -0.05) is 29.8 Å². The van der Waals surface area contributed by atoms with Gasteiger partial charge >= 0.3 is 6.18 Å². The Kier molecular flexibility index (Phi) is 4.90. The summed E-state index contributed by atoms with van der Waals surface area (Å²) in [6.07, 6.45) is -2.23. The minimum Gasteiger partial charge on any atom is -0.307 e. The van der Waals surface area contributed by atoms with Crippen molar-refractivity contribution in [3.05, 3.63) is 77.1 Å². The summed E-state index contributed by atoms with van der Waals surface area (Å²) in [5.41, 5.74) is 0.148. The smallest absolute Gasteiger partial charge is 0.307 e. The lowest BCUT2D eigenvalue weighted by Crippen LogP contribution is -2.12. The number of nitrogens with one attached hydrogen (secondary N) is 1. The van der Waals surface area contributed by atoms with Crippen molar-refractivity contribution in [1.82, 2.24) is 9.97 Å². The van der Waals surface area contributed by atoms with Crippen LogP contribution >= 0.6 is 11.6 Å². The van der Waals surface area contributed by atoms with Gasteiger partial charge in [0.2, 0.25) is 0 Å². The molecule has 26 heavy (non-hydrogen) atoms. The maximum Gasteiger partial charge on any atom is 0.417 e. The van der Waals surface area contributed by atoms with Crippen molar-refractivity contribution in [1.29, 1.82) is 0 Å². The molecule has 0 aliphatic carbocycles. The number of hydrogen-bond donors (Lipinski definition) is 1. The molecular weight excluding hydrogens is 367 g/mol. The maximum absolute atomic E-state index is 12.7. The average molecular weight is 378 g/mol. The van der Waals surface area contributed by atoms with E-state index in [1.807, 2.05) is 0 Å². The summed E-state index contributed by atoms with van der Waals surface area (Å²) in [4.78, 5) is 20.0. The fourth-order valence-corrected chi connectivity index (χ4v) is 2.49. The van der Waals surface area contributed by atoms with Gasteiger partial charge in [-0.05, 0) is 30.3 Å². The van der Waals surface area contributed by atoms with E-state index < -0.39 is 11.7 Å². The number of amides is 1.